The van der Waals surface area contributed by atoms with Gasteiger partial charge in [0.1, 0.15) is 11.4 Å². The molecule has 27 heavy (non-hydrogen) atoms. The first kappa shape index (κ1) is 19.1. The van der Waals surface area contributed by atoms with Crippen molar-refractivity contribution in [3.63, 3.8) is 0 Å². The van der Waals surface area contributed by atoms with Crippen molar-refractivity contribution in [3.8, 4) is 0 Å². The lowest BCUT2D eigenvalue weighted by atomic mass is 10.1. The van der Waals surface area contributed by atoms with E-state index >= 15 is 0 Å². The van der Waals surface area contributed by atoms with E-state index in [9.17, 15) is 14.7 Å². The first-order valence-corrected chi connectivity index (χ1v) is 9.25. The summed E-state index contributed by atoms with van der Waals surface area (Å²) in [4.78, 5) is 27.9. The standard InChI is InChI=1S/C18H26N6O3/c1-12(2)8-14-9-15(21-20-14)17(25)24-5-3-4-23(6-7-24)11-13-10-19-22-16(13)18(26)27/h9-10,12H,3-8,11H2,1-2H3,(H,19,22)(H,20,21)(H,26,27). The summed E-state index contributed by atoms with van der Waals surface area (Å²) < 4.78 is 0. The van der Waals surface area contributed by atoms with Crippen LogP contribution in [-0.2, 0) is 13.0 Å². The average molecular weight is 374 g/mol. The molecule has 2 aromatic heterocycles. The second-order valence-electron chi connectivity index (χ2n) is 7.37. The summed E-state index contributed by atoms with van der Waals surface area (Å²) >= 11 is 0. The molecule has 3 rings (SSSR count). The quantitative estimate of drug-likeness (QED) is 0.703. The van der Waals surface area contributed by atoms with Gasteiger partial charge in [-0.3, -0.25) is 19.9 Å². The van der Waals surface area contributed by atoms with Crippen LogP contribution < -0.4 is 0 Å². The molecule has 2 aromatic rings. The maximum atomic E-state index is 12.8. The van der Waals surface area contributed by atoms with Crippen molar-refractivity contribution in [2.45, 2.75) is 33.2 Å². The minimum atomic E-state index is -1.01. The summed E-state index contributed by atoms with van der Waals surface area (Å²) in [5.41, 5.74) is 2.22. The highest BCUT2D eigenvalue weighted by Gasteiger charge is 2.23. The number of nitrogens with one attached hydrogen (secondary N) is 2. The Morgan fingerprint density at radius 3 is 2.78 bits per heavy atom. The van der Waals surface area contributed by atoms with E-state index in [0.29, 0.717) is 43.4 Å². The smallest absolute Gasteiger partial charge is 0.354 e. The molecule has 1 aliphatic rings. The van der Waals surface area contributed by atoms with Crippen LogP contribution >= 0.6 is 0 Å². The Kier molecular flexibility index (Phi) is 5.90. The number of H-pyrrole nitrogens is 2. The van der Waals surface area contributed by atoms with E-state index in [2.05, 4.69) is 39.1 Å². The van der Waals surface area contributed by atoms with E-state index in [4.69, 9.17) is 0 Å². The molecule has 0 atom stereocenters. The number of amides is 1. The third kappa shape index (κ3) is 4.73. The molecule has 0 aliphatic carbocycles. The van der Waals surface area contributed by atoms with Crippen LogP contribution in [0.4, 0.5) is 0 Å². The number of carbonyl (C=O) groups excluding carboxylic acids is 1. The van der Waals surface area contributed by atoms with Gasteiger partial charge >= 0.3 is 5.97 Å². The molecular weight excluding hydrogens is 348 g/mol. The predicted molar refractivity (Wildman–Crippen MR) is 98.5 cm³/mol. The Morgan fingerprint density at radius 1 is 1.22 bits per heavy atom. The molecule has 0 radical (unpaired) electrons. The van der Waals surface area contributed by atoms with Gasteiger partial charge in [0, 0.05) is 44.0 Å². The zero-order valence-electron chi connectivity index (χ0n) is 15.7. The second-order valence-corrected chi connectivity index (χ2v) is 7.37. The minimum Gasteiger partial charge on any atom is -0.477 e. The van der Waals surface area contributed by atoms with Gasteiger partial charge in [-0.15, -0.1) is 0 Å². The Labute approximate surface area is 157 Å². The largest absolute Gasteiger partial charge is 0.477 e. The van der Waals surface area contributed by atoms with Gasteiger partial charge in [0.25, 0.3) is 5.91 Å². The average Bonchev–Trinajstić information content (AvgIpc) is 3.19. The maximum absolute atomic E-state index is 12.8. The van der Waals surface area contributed by atoms with Gasteiger partial charge in [-0.1, -0.05) is 13.8 Å². The highest BCUT2D eigenvalue weighted by Crippen LogP contribution is 2.14. The third-order valence-electron chi connectivity index (χ3n) is 4.68. The third-order valence-corrected chi connectivity index (χ3v) is 4.68. The SMILES string of the molecule is CC(C)Cc1cc(C(=O)N2CCCN(Cc3cn[nH]c3C(=O)O)CC2)n[nH]1. The molecule has 1 saturated heterocycles. The van der Waals surface area contributed by atoms with Crippen molar-refractivity contribution in [1.82, 2.24) is 30.2 Å². The number of carbonyl (C=O) groups is 2. The van der Waals surface area contributed by atoms with Crippen LogP contribution in [0.25, 0.3) is 0 Å². The van der Waals surface area contributed by atoms with Gasteiger partial charge in [-0.2, -0.15) is 10.2 Å². The molecule has 146 valence electrons. The highest BCUT2D eigenvalue weighted by atomic mass is 16.4. The second kappa shape index (κ2) is 8.34. The van der Waals surface area contributed by atoms with Crippen LogP contribution in [0, 0.1) is 5.92 Å². The maximum Gasteiger partial charge on any atom is 0.354 e. The number of aromatic nitrogens is 4. The van der Waals surface area contributed by atoms with Gasteiger partial charge in [0.15, 0.2) is 0 Å². The van der Waals surface area contributed by atoms with Gasteiger partial charge in [0.05, 0.1) is 6.20 Å². The molecule has 1 fully saturated rings. The van der Waals surface area contributed by atoms with Crippen LogP contribution in [0.1, 0.15) is 52.5 Å². The van der Waals surface area contributed by atoms with Crippen LogP contribution in [0.2, 0.25) is 0 Å². The number of aromatic carboxylic acids is 1. The topological polar surface area (TPSA) is 118 Å². The molecule has 0 unspecified atom stereocenters. The van der Waals surface area contributed by atoms with E-state index in [-0.39, 0.29) is 11.6 Å². The Morgan fingerprint density at radius 2 is 2.04 bits per heavy atom. The summed E-state index contributed by atoms with van der Waals surface area (Å²) in [6.45, 7) is 7.49. The minimum absolute atomic E-state index is 0.0577. The molecule has 3 heterocycles. The number of carboxylic acids is 1. The van der Waals surface area contributed by atoms with E-state index in [1.165, 1.54) is 0 Å². The molecule has 3 N–H and O–H groups in total. The Balaban J connectivity index is 1.59. The number of aromatic amines is 2. The van der Waals surface area contributed by atoms with Gasteiger partial charge in [0.2, 0.25) is 0 Å². The van der Waals surface area contributed by atoms with Gasteiger partial charge in [-0.05, 0) is 24.8 Å². The van der Waals surface area contributed by atoms with Crippen molar-refractivity contribution in [2.24, 2.45) is 5.92 Å². The number of carboxylic acid groups (broad SMARTS) is 1. The summed E-state index contributed by atoms with van der Waals surface area (Å²) in [7, 11) is 0. The molecule has 0 aromatic carbocycles. The van der Waals surface area contributed by atoms with Crippen molar-refractivity contribution in [2.75, 3.05) is 26.2 Å². The molecule has 0 saturated carbocycles. The lowest BCUT2D eigenvalue weighted by Crippen LogP contribution is -2.35. The van der Waals surface area contributed by atoms with E-state index < -0.39 is 5.97 Å². The van der Waals surface area contributed by atoms with E-state index in [0.717, 1.165) is 25.1 Å². The number of rotatable bonds is 6. The molecule has 1 amide bonds. The fraction of sp³-hybridized carbons (Fsp3) is 0.556. The summed E-state index contributed by atoms with van der Waals surface area (Å²) in [6, 6.07) is 1.84. The number of nitrogens with zero attached hydrogens (tertiary/aromatic N) is 4. The number of hydrogen-bond acceptors (Lipinski definition) is 5. The van der Waals surface area contributed by atoms with Crippen LogP contribution in [0.15, 0.2) is 12.3 Å². The zero-order chi connectivity index (χ0) is 19.4. The fourth-order valence-corrected chi connectivity index (χ4v) is 3.37. The van der Waals surface area contributed by atoms with Crippen LogP contribution in [-0.4, -0.2) is 73.4 Å². The van der Waals surface area contributed by atoms with Crippen molar-refractivity contribution in [1.29, 1.82) is 0 Å². The molecule has 0 bridgehead atoms. The Bertz CT molecular complexity index is 797. The molecular formula is C18H26N6O3. The van der Waals surface area contributed by atoms with Crippen LogP contribution in [0.3, 0.4) is 0 Å². The lowest BCUT2D eigenvalue weighted by molar-refractivity contribution is 0.0687. The van der Waals surface area contributed by atoms with Gasteiger partial charge in [-0.25, -0.2) is 4.79 Å². The normalized spacial score (nSPS) is 15.9. The molecule has 9 heteroatoms. The number of hydrogen-bond donors (Lipinski definition) is 3. The first-order valence-electron chi connectivity index (χ1n) is 9.25. The van der Waals surface area contributed by atoms with Crippen molar-refractivity contribution in [3.05, 3.63) is 34.9 Å². The molecule has 9 nitrogen and oxygen atoms in total. The van der Waals surface area contributed by atoms with Crippen molar-refractivity contribution >= 4 is 11.9 Å². The van der Waals surface area contributed by atoms with E-state index in [1.807, 2.05) is 11.0 Å². The van der Waals surface area contributed by atoms with E-state index in [1.54, 1.807) is 6.20 Å². The van der Waals surface area contributed by atoms with Crippen LogP contribution in [0.5, 0.6) is 0 Å². The predicted octanol–water partition coefficient (Wildman–Crippen LogP) is 1.38. The van der Waals surface area contributed by atoms with Crippen molar-refractivity contribution < 1.29 is 14.7 Å². The molecule has 1 aliphatic heterocycles. The first-order chi connectivity index (χ1) is 12.9. The van der Waals surface area contributed by atoms with Gasteiger partial charge < -0.3 is 10.0 Å². The lowest BCUT2D eigenvalue weighted by Gasteiger charge is -2.21. The Hall–Kier alpha value is -2.68. The zero-order valence-corrected chi connectivity index (χ0v) is 15.7. The highest BCUT2D eigenvalue weighted by molar-refractivity contribution is 5.92. The molecule has 0 spiro atoms. The summed E-state index contributed by atoms with van der Waals surface area (Å²) in [5.74, 6) is -0.568. The summed E-state index contributed by atoms with van der Waals surface area (Å²) in [6.07, 6.45) is 3.25. The summed E-state index contributed by atoms with van der Waals surface area (Å²) in [5, 5.41) is 22.7. The monoisotopic (exact) mass is 374 g/mol. The fourth-order valence-electron chi connectivity index (χ4n) is 3.37.